The SMILES string of the molecule is O=C(COc1ccc(Cl)c(Cl)c1)NCCc1ccc(O)c(O)c1. The molecule has 3 N–H and O–H groups in total. The third-order valence-electron chi connectivity index (χ3n) is 3.04. The van der Waals surface area contributed by atoms with Crippen LogP contribution in [0.4, 0.5) is 0 Å². The van der Waals surface area contributed by atoms with Crippen LogP contribution in [0, 0.1) is 0 Å². The fourth-order valence-corrected chi connectivity index (χ4v) is 2.13. The molecule has 122 valence electrons. The second kappa shape index (κ2) is 7.94. The van der Waals surface area contributed by atoms with E-state index < -0.39 is 0 Å². The van der Waals surface area contributed by atoms with Gasteiger partial charge in [-0.15, -0.1) is 0 Å². The smallest absolute Gasteiger partial charge is 0.257 e. The van der Waals surface area contributed by atoms with Crippen molar-refractivity contribution >= 4 is 29.1 Å². The second-order valence-electron chi connectivity index (χ2n) is 4.79. The maximum Gasteiger partial charge on any atom is 0.257 e. The van der Waals surface area contributed by atoms with Crippen LogP contribution in [0.25, 0.3) is 0 Å². The number of rotatable bonds is 6. The topological polar surface area (TPSA) is 78.8 Å². The Bertz CT molecular complexity index is 706. The number of hydrogen-bond donors (Lipinski definition) is 3. The molecule has 0 aliphatic rings. The molecule has 0 aromatic heterocycles. The maximum atomic E-state index is 11.7. The van der Waals surface area contributed by atoms with E-state index in [2.05, 4.69) is 5.32 Å². The van der Waals surface area contributed by atoms with Crippen LogP contribution in [0.2, 0.25) is 10.0 Å². The van der Waals surface area contributed by atoms with Crippen molar-refractivity contribution in [2.24, 2.45) is 0 Å². The Hall–Kier alpha value is -2.11. The van der Waals surface area contributed by atoms with Gasteiger partial charge in [0.05, 0.1) is 10.0 Å². The van der Waals surface area contributed by atoms with E-state index in [1.165, 1.54) is 18.2 Å². The van der Waals surface area contributed by atoms with E-state index in [1.807, 2.05) is 0 Å². The number of aromatic hydroxyl groups is 2. The normalized spacial score (nSPS) is 10.3. The molecule has 2 aromatic rings. The van der Waals surface area contributed by atoms with Gasteiger partial charge in [0.2, 0.25) is 0 Å². The molecule has 0 heterocycles. The third-order valence-corrected chi connectivity index (χ3v) is 3.78. The lowest BCUT2D eigenvalue weighted by Gasteiger charge is -2.08. The van der Waals surface area contributed by atoms with Crippen LogP contribution in [-0.4, -0.2) is 29.3 Å². The maximum absolute atomic E-state index is 11.7. The number of halogens is 2. The molecule has 23 heavy (non-hydrogen) atoms. The van der Waals surface area contributed by atoms with Crippen LogP contribution in [0.3, 0.4) is 0 Å². The molecule has 0 saturated heterocycles. The van der Waals surface area contributed by atoms with Crippen molar-refractivity contribution in [3.8, 4) is 17.2 Å². The molecule has 0 aliphatic carbocycles. The summed E-state index contributed by atoms with van der Waals surface area (Å²) in [5, 5.41) is 22.1. The average molecular weight is 356 g/mol. The van der Waals surface area contributed by atoms with E-state index in [-0.39, 0.29) is 24.0 Å². The summed E-state index contributed by atoms with van der Waals surface area (Å²) >= 11 is 11.6. The first-order valence-electron chi connectivity index (χ1n) is 6.81. The highest BCUT2D eigenvalue weighted by Gasteiger charge is 2.05. The van der Waals surface area contributed by atoms with E-state index in [4.69, 9.17) is 27.9 Å². The summed E-state index contributed by atoms with van der Waals surface area (Å²) in [6.07, 6.45) is 0.520. The van der Waals surface area contributed by atoms with Gasteiger partial charge in [-0.1, -0.05) is 29.3 Å². The highest BCUT2D eigenvalue weighted by molar-refractivity contribution is 6.42. The van der Waals surface area contributed by atoms with Crippen molar-refractivity contribution in [2.45, 2.75) is 6.42 Å². The summed E-state index contributed by atoms with van der Waals surface area (Å²) in [7, 11) is 0. The van der Waals surface area contributed by atoms with E-state index in [0.717, 1.165) is 5.56 Å². The van der Waals surface area contributed by atoms with E-state index >= 15 is 0 Å². The van der Waals surface area contributed by atoms with E-state index in [9.17, 15) is 15.0 Å². The minimum Gasteiger partial charge on any atom is -0.504 e. The molecule has 5 nitrogen and oxygen atoms in total. The molecule has 0 fully saturated rings. The number of phenols is 2. The molecule has 0 radical (unpaired) electrons. The van der Waals surface area contributed by atoms with E-state index in [1.54, 1.807) is 18.2 Å². The quantitative estimate of drug-likeness (QED) is 0.695. The average Bonchev–Trinajstić information content (AvgIpc) is 2.52. The van der Waals surface area contributed by atoms with Gasteiger partial charge in [0.15, 0.2) is 18.1 Å². The van der Waals surface area contributed by atoms with Crippen LogP contribution in [0.15, 0.2) is 36.4 Å². The van der Waals surface area contributed by atoms with Crippen LogP contribution < -0.4 is 10.1 Å². The van der Waals surface area contributed by atoms with Gasteiger partial charge in [0.1, 0.15) is 5.75 Å². The molecular formula is C16H15Cl2NO4. The first kappa shape index (κ1) is 17.2. The Morgan fingerprint density at radius 3 is 2.52 bits per heavy atom. The first-order valence-corrected chi connectivity index (χ1v) is 7.56. The second-order valence-corrected chi connectivity index (χ2v) is 5.60. The molecule has 0 saturated carbocycles. The Labute approximate surface area is 143 Å². The predicted octanol–water partition coefficient (Wildman–Crippen LogP) is 3.14. The first-order chi connectivity index (χ1) is 11.0. The van der Waals surface area contributed by atoms with Gasteiger partial charge >= 0.3 is 0 Å². The van der Waals surface area contributed by atoms with Crippen LogP contribution in [0.5, 0.6) is 17.2 Å². The van der Waals surface area contributed by atoms with Gasteiger partial charge in [-0.2, -0.15) is 0 Å². The molecule has 2 rings (SSSR count). The predicted molar refractivity (Wildman–Crippen MR) is 88.4 cm³/mol. The number of amides is 1. The molecule has 0 unspecified atom stereocenters. The molecule has 2 aromatic carbocycles. The molecular weight excluding hydrogens is 341 g/mol. The van der Waals surface area contributed by atoms with Crippen molar-refractivity contribution in [1.82, 2.24) is 5.32 Å². The molecule has 0 aliphatic heterocycles. The van der Waals surface area contributed by atoms with Crippen molar-refractivity contribution in [3.05, 3.63) is 52.0 Å². The van der Waals surface area contributed by atoms with Crippen LogP contribution in [0.1, 0.15) is 5.56 Å². The van der Waals surface area contributed by atoms with E-state index in [0.29, 0.717) is 28.8 Å². The lowest BCUT2D eigenvalue weighted by atomic mass is 10.1. The van der Waals surface area contributed by atoms with Crippen LogP contribution >= 0.6 is 23.2 Å². The largest absolute Gasteiger partial charge is 0.504 e. The van der Waals surface area contributed by atoms with Crippen molar-refractivity contribution in [2.75, 3.05) is 13.2 Å². The zero-order valence-electron chi connectivity index (χ0n) is 12.1. The van der Waals surface area contributed by atoms with Gasteiger partial charge in [-0.05, 0) is 36.2 Å². The Morgan fingerprint density at radius 1 is 1.04 bits per heavy atom. The standard InChI is InChI=1S/C16H15Cl2NO4/c17-12-3-2-11(8-13(12)18)23-9-16(22)19-6-5-10-1-4-14(20)15(21)7-10/h1-4,7-8,20-21H,5-6,9H2,(H,19,22). The zero-order chi connectivity index (χ0) is 16.8. The van der Waals surface area contributed by atoms with Crippen molar-refractivity contribution in [3.63, 3.8) is 0 Å². The Morgan fingerprint density at radius 2 is 1.83 bits per heavy atom. The van der Waals surface area contributed by atoms with Crippen molar-refractivity contribution < 1.29 is 19.7 Å². The highest BCUT2D eigenvalue weighted by atomic mass is 35.5. The van der Waals surface area contributed by atoms with Gasteiger partial charge < -0.3 is 20.3 Å². The van der Waals surface area contributed by atoms with Crippen molar-refractivity contribution in [1.29, 1.82) is 0 Å². The van der Waals surface area contributed by atoms with Gasteiger partial charge in [0.25, 0.3) is 5.91 Å². The fourth-order valence-electron chi connectivity index (χ4n) is 1.84. The number of phenolic OH excluding ortho intramolecular Hbond substituents is 2. The number of carbonyl (C=O) groups is 1. The number of nitrogens with one attached hydrogen (secondary N) is 1. The van der Waals surface area contributed by atoms with Crippen LogP contribution in [-0.2, 0) is 11.2 Å². The number of ether oxygens (including phenoxy) is 1. The van der Waals surface area contributed by atoms with Gasteiger partial charge in [-0.3, -0.25) is 4.79 Å². The highest BCUT2D eigenvalue weighted by Crippen LogP contribution is 2.26. The summed E-state index contributed by atoms with van der Waals surface area (Å²) in [5.41, 5.74) is 0.797. The minimum atomic E-state index is -0.279. The number of hydrogen-bond acceptors (Lipinski definition) is 4. The number of carbonyl (C=O) groups excluding carboxylic acids is 1. The summed E-state index contributed by atoms with van der Waals surface area (Å²) in [6, 6.07) is 9.28. The summed E-state index contributed by atoms with van der Waals surface area (Å²) in [4.78, 5) is 11.7. The summed E-state index contributed by atoms with van der Waals surface area (Å²) in [6.45, 7) is 0.243. The minimum absolute atomic E-state index is 0.140. The lowest BCUT2D eigenvalue weighted by molar-refractivity contribution is -0.123. The summed E-state index contributed by atoms with van der Waals surface area (Å²) < 4.78 is 5.31. The Kier molecular flexibility index (Phi) is 5.96. The van der Waals surface area contributed by atoms with Gasteiger partial charge in [0, 0.05) is 12.6 Å². The monoisotopic (exact) mass is 355 g/mol. The summed E-state index contributed by atoms with van der Waals surface area (Å²) in [5.74, 6) is -0.179. The fraction of sp³-hybridized carbons (Fsp3) is 0.188. The lowest BCUT2D eigenvalue weighted by Crippen LogP contribution is -2.30. The molecule has 7 heteroatoms. The third kappa shape index (κ3) is 5.23. The molecule has 0 bridgehead atoms. The molecule has 0 atom stereocenters. The number of benzene rings is 2. The van der Waals surface area contributed by atoms with Gasteiger partial charge in [-0.25, -0.2) is 0 Å². The molecule has 0 spiro atoms. The zero-order valence-corrected chi connectivity index (χ0v) is 13.6. The molecule has 1 amide bonds. The Balaban J connectivity index is 1.74.